The van der Waals surface area contributed by atoms with Gasteiger partial charge in [-0.05, 0) is 12.8 Å². The van der Waals surface area contributed by atoms with E-state index in [-0.39, 0.29) is 6.10 Å². The van der Waals surface area contributed by atoms with Crippen molar-refractivity contribution in [1.29, 1.82) is 0 Å². The van der Waals surface area contributed by atoms with E-state index in [9.17, 15) is 5.11 Å². The summed E-state index contributed by atoms with van der Waals surface area (Å²) < 4.78 is 7.24. The van der Waals surface area contributed by atoms with Crippen LogP contribution in [0.2, 0.25) is 0 Å². The molecule has 0 bridgehead atoms. The summed E-state index contributed by atoms with van der Waals surface area (Å²) in [5.41, 5.74) is 0. The maximum absolute atomic E-state index is 9.71. The molecule has 0 amide bonds. The molecule has 0 aliphatic heterocycles. The van der Waals surface area contributed by atoms with Crippen LogP contribution in [0.1, 0.15) is 25.6 Å². The van der Waals surface area contributed by atoms with E-state index in [2.05, 4.69) is 11.9 Å². The van der Waals surface area contributed by atoms with E-state index in [0.717, 1.165) is 18.9 Å². The quantitative estimate of drug-likeness (QED) is 0.689. The molecule has 4 nitrogen and oxygen atoms in total. The first-order chi connectivity index (χ1) is 7.24. The minimum Gasteiger partial charge on any atom is -0.393 e. The summed E-state index contributed by atoms with van der Waals surface area (Å²) in [7, 11) is 1.93. The Morgan fingerprint density at radius 3 is 2.93 bits per heavy atom. The third kappa shape index (κ3) is 4.44. The number of aliphatic hydroxyl groups excluding tert-OH is 1. The van der Waals surface area contributed by atoms with Crippen LogP contribution in [0.3, 0.4) is 0 Å². The average molecular weight is 212 g/mol. The summed E-state index contributed by atoms with van der Waals surface area (Å²) in [5, 5.41) is 9.71. The van der Waals surface area contributed by atoms with E-state index in [1.165, 1.54) is 0 Å². The zero-order chi connectivity index (χ0) is 11.1. The number of aromatic nitrogens is 2. The van der Waals surface area contributed by atoms with Crippen LogP contribution in [0.15, 0.2) is 12.4 Å². The average Bonchev–Trinajstić information content (AvgIpc) is 2.59. The van der Waals surface area contributed by atoms with Gasteiger partial charge in [0, 0.05) is 39.1 Å². The van der Waals surface area contributed by atoms with E-state index in [1.807, 2.05) is 17.8 Å². The monoisotopic (exact) mass is 212 g/mol. The molecule has 0 aliphatic rings. The maximum atomic E-state index is 9.71. The van der Waals surface area contributed by atoms with Gasteiger partial charge in [0.05, 0.1) is 6.10 Å². The number of aliphatic hydroxyl groups is 1. The normalized spacial score (nSPS) is 13.0. The van der Waals surface area contributed by atoms with Crippen molar-refractivity contribution in [2.75, 3.05) is 13.2 Å². The van der Waals surface area contributed by atoms with E-state index in [4.69, 9.17) is 4.74 Å². The Labute approximate surface area is 90.9 Å². The fourth-order valence-corrected chi connectivity index (χ4v) is 1.37. The van der Waals surface area contributed by atoms with Gasteiger partial charge in [0.25, 0.3) is 0 Å². The number of aryl methyl sites for hydroxylation is 1. The number of nitrogens with zero attached hydrogens (tertiary/aromatic N) is 2. The number of hydrogen-bond donors (Lipinski definition) is 1. The van der Waals surface area contributed by atoms with Crippen molar-refractivity contribution in [2.24, 2.45) is 7.05 Å². The van der Waals surface area contributed by atoms with Crippen LogP contribution in [0, 0.1) is 0 Å². The first kappa shape index (κ1) is 12.2. The molecule has 1 unspecified atom stereocenters. The molecule has 0 aromatic carbocycles. The van der Waals surface area contributed by atoms with E-state index in [1.54, 1.807) is 6.20 Å². The van der Waals surface area contributed by atoms with Gasteiger partial charge in [-0.1, -0.05) is 6.92 Å². The summed E-state index contributed by atoms with van der Waals surface area (Å²) in [6.07, 6.45) is 5.56. The number of hydrogen-bond acceptors (Lipinski definition) is 3. The van der Waals surface area contributed by atoms with E-state index < -0.39 is 0 Å². The highest BCUT2D eigenvalue weighted by Gasteiger charge is 2.08. The van der Waals surface area contributed by atoms with Crippen molar-refractivity contribution < 1.29 is 9.84 Å². The Balaban J connectivity index is 2.18. The Morgan fingerprint density at radius 2 is 2.33 bits per heavy atom. The number of rotatable bonds is 7. The minimum absolute atomic E-state index is 0.358. The molecule has 15 heavy (non-hydrogen) atoms. The molecule has 86 valence electrons. The molecule has 1 aromatic heterocycles. The van der Waals surface area contributed by atoms with Crippen LogP contribution in [0.25, 0.3) is 0 Å². The van der Waals surface area contributed by atoms with Crippen LogP contribution < -0.4 is 0 Å². The zero-order valence-electron chi connectivity index (χ0n) is 9.52. The summed E-state index contributed by atoms with van der Waals surface area (Å²) in [6, 6.07) is 0. The lowest BCUT2D eigenvalue weighted by molar-refractivity contribution is 0.0813. The van der Waals surface area contributed by atoms with Crippen molar-refractivity contribution in [1.82, 2.24) is 9.55 Å². The number of imidazole rings is 1. The Bertz CT molecular complexity index is 273. The smallest absolute Gasteiger partial charge is 0.110 e. The van der Waals surface area contributed by atoms with E-state index in [0.29, 0.717) is 19.4 Å². The summed E-state index contributed by atoms with van der Waals surface area (Å²) >= 11 is 0. The van der Waals surface area contributed by atoms with Gasteiger partial charge in [-0.25, -0.2) is 4.98 Å². The molecule has 1 heterocycles. The molecule has 0 radical (unpaired) electrons. The van der Waals surface area contributed by atoms with Gasteiger partial charge in [0.15, 0.2) is 0 Å². The van der Waals surface area contributed by atoms with Gasteiger partial charge in [0.1, 0.15) is 5.82 Å². The molecule has 0 spiro atoms. The topological polar surface area (TPSA) is 47.3 Å². The lowest BCUT2D eigenvalue weighted by Crippen LogP contribution is -2.16. The molecular weight excluding hydrogens is 192 g/mol. The van der Waals surface area contributed by atoms with Crippen LogP contribution in [-0.4, -0.2) is 34.0 Å². The fraction of sp³-hybridized carbons (Fsp3) is 0.727. The van der Waals surface area contributed by atoms with Crippen LogP contribution >= 0.6 is 0 Å². The predicted molar refractivity (Wildman–Crippen MR) is 58.6 cm³/mol. The van der Waals surface area contributed by atoms with Crippen LogP contribution in [0.4, 0.5) is 0 Å². The van der Waals surface area contributed by atoms with Crippen molar-refractivity contribution in [2.45, 2.75) is 32.3 Å². The zero-order valence-corrected chi connectivity index (χ0v) is 9.52. The molecule has 0 fully saturated rings. The molecule has 1 rings (SSSR count). The summed E-state index contributed by atoms with van der Waals surface area (Å²) in [5.74, 6) is 0.915. The molecule has 0 aliphatic carbocycles. The van der Waals surface area contributed by atoms with Gasteiger partial charge >= 0.3 is 0 Å². The van der Waals surface area contributed by atoms with Gasteiger partial charge in [0.2, 0.25) is 0 Å². The van der Waals surface area contributed by atoms with Crippen LogP contribution in [-0.2, 0) is 18.2 Å². The molecule has 1 atom stereocenters. The molecule has 0 saturated heterocycles. The van der Waals surface area contributed by atoms with Crippen molar-refractivity contribution in [3.63, 3.8) is 0 Å². The lowest BCUT2D eigenvalue weighted by Gasteiger charge is -2.10. The first-order valence-electron chi connectivity index (χ1n) is 5.46. The molecule has 1 aromatic rings. The number of ether oxygens (including phenoxy) is 1. The standard InChI is InChI=1S/C11H20N2O2/c1-3-7-15-8-4-10(14)9-11-12-5-6-13(11)2/h5-6,10,14H,3-4,7-9H2,1-2H3. The minimum atomic E-state index is -0.358. The van der Waals surface area contributed by atoms with Gasteiger partial charge < -0.3 is 14.4 Å². The lowest BCUT2D eigenvalue weighted by atomic mass is 10.2. The first-order valence-corrected chi connectivity index (χ1v) is 5.46. The van der Waals surface area contributed by atoms with E-state index >= 15 is 0 Å². The fourth-order valence-electron chi connectivity index (χ4n) is 1.37. The van der Waals surface area contributed by atoms with Crippen molar-refractivity contribution in [3.05, 3.63) is 18.2 Å². The largest absolute Gasteiger partial charge is 0.393 e. The highest BCUT2D eigenvalue weighted by atomic mass is 16.5. The second kappa shape index (κ2) is 6.58. The third-order valence-corrected chi connectivity index (χ3v) is 2.28. The third-order valence-electron chi connectivity index (χ3n) is 2.28. The summed E-state index contributed by atoms with van der Waals surface area (Å²) in [6.45, 7) is 3.47. The Kier molecular flexibility index (Phi) is 5.36. The Morgan fingerprint density at radius 1 is 1.53 bits per heavy atom. The molecule has 0 saturated carbocycles. The van der Waals surface area contributed by atoms with Crippen molar-refractivity contribution >= 4 is 0 Å². The summed E-state index contributed by atoms with van der Waals surface area (Å²) in [4.78, 5) is 4.16. The van der Waals surface area contributed by atoms with Gasteiger partial charge in [-0.15, -0.1) is 0 Å². The van der Waals surface area contributed by atoms with Gasteiger partial charge in [-0.2, -0.15) is 0 Å². The molecule has 4 heteroatoms. The van der Waals surface area contributed by atoms with Gasteiger partial charge in [-0.3, -0.25) is 0 Å². The van der Waals surface area contributed by atoms with Crippen molar-refractivity contribution in [3.8, 4) is 0 Å². The maximum Gasteiger partial charge on any atom is 0.110 e. The predicted octanol–water partition coefficient (Wildman–Crippen LogP) is 1.14. The Hall–Kier alpha value is -0.870. The second-order valence-electron chi connectivity index (χ2n) is 3.71. The second-order valence-corrected chi connectivity index (χ2v) is 3.71. The SMILES string of the molecule is CCCOCCC(O)Cc1nccn1C. The highest BCUT2D eigenvalue weighted by molar-refractivity contribution is 4.92. The molecular formula is C11H20N2O2. The molecule has 1 N–H and O–H groups in total. The van der Waals surface area contributed by atoms with Crippen LogP contribution in [0.5, 0.6) is 0 Å². The highest BCUT2D eigenvalue weighted by Crippen LogP contribution is 2.03.